The van der Waals surface area contributed by atoms with E-state index in [9.17, 15) is 4.21 Å². The molecule has 2 saturated carbocycles. The molecule has 2 nitrogen and oxygen atoms in total. The van der Waals surface area contributed by atoms with E-state index in [1.807, 2.05) is 0 Å². The molecule has 2 aliphatic rings. The standard InChI is InChI=1S/C17H33NOS/c1-3-5-14-8-9-15(12-18)17(11-14)20(19)16-7-4-6-13(2)10-16/h13-17H,3-12,18H2,1-2H3. The summed E-state index contributed by atoms with van der Waals surface area (Å²) in [5.74, 6) is 2.09. The van der Waals surface area contributed by atoms with Gasteiger partial charge in [-0.1, -0.05) is 46.0 Å². The average molecular weight is 300 g/mol. The third-order valence-corrected chi connectivity index (χ3v) is 7.81. The molecule has 0 heterocycles. The highest BCUT2D eigenvalue weighted by molar-refractivity contribution is 7.86. The summed E-state index contributed by atoms with van der Waals surface area (Å²) in [5.41, 5.74) is 5.97. The summed E-state index contributed by atoms with van der Waals surface area (Å²) in [7, 11) is -0.648. The van der Waals surface area contributed by atoms with Gasteiger partial charge in [0.1, 0.15) is 0 Å². The van der Waals surface area contributed by atoms with Gasteiger partial charge in [0.2, 0.25) is 0 Å². The molecule has 0 spiro atoms. The Hall–Kier alpha value is 0.110. The minimum Gasteiger partial charge on any atom is -0.330 e. The van der Waals surface area contributed by atoms with Crippen molar-refractivity contribution < 1.29 is 4.21 Å². The molecular formula is C17H33NOS. The number of hydrogen-bond donors (Lipinski definition) is 1. The fraction of sp³-hybridized carbons (Fsp3) is 1.00. The van der Waals surface area contributed by atoms with E-state index in [-0.39, 0.29) is 0 Å². The largest absolute Gasteiger partial charge is 0.330 e. The van der Waals surface area contributed by atoms with Gasteiger partial charge in [-0.15, -0.1) is 0 Å². The molecule has 2 fully saturated rings. The Labute approximate surface area is 127 Å². The summed E-state index contributed by atoms with van der Waals surface area (Å²) in [4.78, 5) is 0. The Morgan fingerprint density at radius 3 is 2.60 bits per heavy atom. The second-order valence-electron chi connectivity index (χ2n) is 7.22. The van der Waals surface area contributed by atoms with Crippen molar-refractivity contribution in [2.75, 3.05) is 6.54 Å². The second-order valence-corrected chi connectivity index (χ2v) is 9.15. The third-order valence-electron chi connectivity index (χ3n) is 5.55. The molecule has 2 aliphatic carbocycles. The second kappa shape index (κ2) is 7.93. The highest BCUT2D eigenvalue weighted by Gasteiger charge is 2.37. The van der Waals surface area contributed by atoms with Crippen molar-refractivity contribution in [1.29, 1.82) is 0 Å². The monoisotopic (exact) mass is 299 g/mol. The normalized spacial score (nSPS) is 40.5. The summed E-state index contributed by atoms with van der Waals surface area (Å²) in [6, 6.07) is 0. The molecule has 2 rings (SSSR count). The van der Waals surface area contributed by atoms with Crippen LogP contribution in [0.3, 0.4) is 0 Å². The van der Waals surface area contributed by atoms with Gasteiger partial charge in [0, 0.05) is 21.3 Å². The minimum atomic E-state index is -0.648. The van der Waals surface area contributed by atoms with Gasteiger partial charge in [0.25, 0.3) is 0 Å². The van der Waals surface area contributed by atoms with Gasteiger partial charge in [-0.2, -0.15) is 0 Å². The summed E-state index contributed by atoms with van der Waals surface area (Å²) >= 11 is 0. The zero-order valence-electron chi connectivity index (χ0n) is 13.4. The Balaban J connectivity index is 1.99. The van der Waals surface area contributed by atoms with E-state index >= 15 is 0 Å². The highest BCUT2D eigenvalue weighted by atomic mass is 32.2. The van der Waals surface area contributed by atoms with Crippen LogP contribution in [0.5, 0.6) is 0 Å². The lowest BCUT2D eigenvalue weighted by molar-refractivity contribution is 0.270. The van der Waals surface area contributed by atoms with E-state index in [1.54, 1.807) is 0 Å². The Morgan fingerprint density at radius 1 is 1.15 bits per heavy atom. The van der Waals surface area contributed by atoms with Crippen molar-refractivity contribution in [3.63, 3.8) is 0 Å². The van der Waals surface area contributed by atoms with Crippen LogP contribution < -0.4 is 5.73 Å². The molecule has 6 unspecified atom stereocenters. The lowest BCUT2D eigenvalue weighted by Crippen LogP contribution is -2.41. The van der Waals surface area contributed by atoms with Crippen LogP contribution in [0.2, 0.25) is 0 Å². The predicted octanol–water partition coefficient (Wildman–Crippen LogP) is 3.86. The first-order chi connectivity index (χ1) is 9.65. The molecule has 0 saturated heterocycles. The molecule has 2 N–H and O–H groups in total. The Kier molecular flexibility index (Phi) is 6.54. The molecule has 0 radical (unpaired) electrons. The topological polar surface area (TPSA) is 43.1 Å². The molecule has 0 aromatic rings. The first-order valence-electron chi connectivity index (χ1n) is 8.75. The van der Waals surface area contributed by atoms with Crippen molar-refractivity contribution in [1.82, 2.24) is 0 Å². The van der Waals surface area contributed by atoms with E-state index in [0.29, 0.717) is 16.4 Å². The van der Waals surface area contributed by atoms with E-state index in [4.69, 9.17) is 5.73 Å². The van der Waals surface area contributed by atoms with E-state index in [0.717, 1.165) is 18.4 Å². The molecule has 0 aliphatic heterocycles. The van der Waals surface area contributed by atoms with Gasteiger partial charge in [-0.3, -0.25) is 4.21 Å². The smallest absolute Gasteiger partial charge is 0.0393 e. The number of hydrogen-bond acceptors (Lipinski definition) is 2. The van der Waals surface area contributed by atoms with Crippen molar-refractivity contribution >= 4 is 10.8 Å². The molecule has 3 heteroatoms. The molecule has 20 heavy (non-hydrogen) atoms. The lowest BCUT2D eigenvalue weighted by Gasteiger charge is -2.38. The van der Waals surface area contributed by atoms with Gasteiger partial charge in [0.05, 0.1) is 0 Å². The lowest BCUT2D eigenvalue weighted by atomic mass is 9.80. The Morgan fingerprint density at radius 2 is 1.95 bits per heavy atom. The van der Waals surface area contributed by atoms with Gasteiger partial charge in [-0.25, -0.2) is 0 Å². The third kappa shape index (κ3) is 4.07. The maximum absolute atomic E-state index is 13.1. The van der Waals surface area contributed by atoms with E-state index in [1.165, 1.54) is 57.8 Å². The fourth-order valence-electron chi connectivity index (χ4n) is 4.34. The Bertz CT molecular complexity index is 320. The van der Waals surface area contributed by atoms with Crippen LogP contribution in [-0.2, 0) is 10.8 Å². The minimum absolute atomic E-state index is 0.389. The molecule has 118 valence electrons. The van der Waals surface area contributed by atoms with E-state index < -0.39 is 10.8 Å². The molecule has 0 aromatic carbocycles. The molecular weight excluding hydrogens is 266 g/mol. The molecule has 0 bridgehead atoms. The van der Waals surface area contributed by atoms with Crippen molar-refractivity contribution in [2.45, 2.75) is 82.1 Å². The van der Waals surface area contributed by atoms with Crippen LogP contribution in [0.15, 0.2) is 0 Å². The zero-order valence-corrected chi connectivity index (χ0v) is 14.2. The van der Waals surface area contributed by atoms with Crippen molar-refractivity contribution in [2.24, 2.45) is 23.5 Å². The van der Waals surface area contributed by atoms with Gasteiger partial charge in [-0.05, 0) is 50.0 Å². The molecule has 0 aromatic heterocycles. The SMILES string of the molecule is CCCC1CCC(CN)C(S(=O)C2CCCC(C)C2)C1. The average Bonchev–Trinajstić information content (AvgIpc) is 2.47. The van der Waals surface area contributed by atoms with Crippen LogP contribution >= 0.6 is 0 Å². The fourth-order valence-corrected chi connectivity index (χ4v) is 6.84. The first kappa shape index (κ1) is 16.5. The summed E-state index contributed by atoms with van der Waals surface area (Å²) < 4.78 is 13.1. The number of rotatable bonds is 5. The summed E-state index contributed by atoms with van der Waals surface area (Å²) in [6.45, 7) is 5.33. The summed E-state index contributed by atoms with van der Waals surface area (Å²) in [5, 5.41) is 0.846. The predicted molar refractivity (Wildman–Crippen MR) is 88.1 cm³/mol. The maximum atomic E-state index is 13.1. The van der Waals surface area contributed by atoms with Crippen LogP contribution in [-0.4, -0.2) is 21.3 Å². The quantitative estimate of drug-likeness (QED) is 0.837. The number of nitrogens with two attached hydrogens (primary N) is 1. The van der Waals surface area contributed by atoms with Gasteiger partial charge >= 0.3 is 0 Å². The van der Waals surface area contributed by atoms with Crippen LogP contribution in [0.1, 0.15) is 71.6 Å². The van der Waals surface area contributed by atoms with Crippen LogP contribution in [0.25, 0.3) is 0 Å². The highest BCUT2D eigenvalue weighted by Crippen LogP contribution is 2.38. The van der Waals surface area contributed by atoms with Gasteiger partial charge in [0.15, 0.2) is 0 Å². The zero-order chi connectivity index (χ0) is 14.5. The van der Waals surface area contributed by atoms with Gasteiger partial charge < -0.3 is 5.73 Å². The molecule has 0 amide bonds. The molecule has 6 atom stereocenters. The van der Waals surface area contributed by atoms with Crippen molar-refractivity contribution in [3.8, 4) is 0 Å². The summed E-state index contributed by atoms with van der Waals surface area (Å²) in [6.07, 6.45) is 11.2. The van der Waals surface area contributed by atoms with Crippen LogP contribution in [0.4, 0.5) is 0 Å². The van der Waals surface area contributed by atoms with E-state index in [2.05, 4.69) is 13.8 Å². The maximum Gasteiger partial charge on any atom is 0.0393 e. The van der Waals surface area contributed by atoms with Crippen LogP contribution in [0, 0.1) is 17.8 Å². The first-order valence-corrected chi connectivity index (χ1v) is 10.0. The van der Waals surface area contributed by atoms with Crippen molar-refractivity contribution in [3.05, 3.63) is 0 Å².